The van der Waals surface area contributed by atoms with Crippen molar-refractivity contribution in [1.82, 2.24) is 20.0 Å². The molecule has 2 fully saturated rings. The van der Waals surface area contributed by atoms with Crippen LogP contribution in [0, 0.1) is 0 Å². The van der Waals surface area contributed by atoms with Gasteiger partial charge in [0.2, 0.25) is 5.89 Å². The van der Waals surface area contributed by atoms with Crippen LogP contribution >= 0.6 is 0 Å². The number of H-pyrrole nitrogens is 1. The molecule has 7 heteroatoms. The molecule has 1 aromatic carbocycles. The van der Waals surface area contributed by atoms with Crippen LogP contribution in [0.4, 0.5) is 0 Å². The number of fused-ring (bicyclic) bond motifs is 1. The Morgan fingerprint density at radius 2 is 2.07 bits per heavy atom. The molecule has 1 saturated heterocycles. The van der Waals surface area contributed by atoms with Gasteiger partial charge in [-0.25, -0.2) is 0 Å². The Bertz CT molecular complexity index is 954. The zero-order valence-electron chi connectivity index (χ0n) is 16.9. The molecule has 154 valence electrons. The fraction of sp³-hybridized carbons (Fsp3) is 0.545. The average Bonchev–Trinajstić information content (AvgIpc) is 3.37. The number of nitrogens with one attached hydrogen (secondary N) is 1. The molecular formula is C22H28N4O3. The van der Waals surface area contributed by atoms with Crippen molar-refractivity contribution in [2.24, 2.45) is 0 Å². The van der Waals surface area contributed by atoms with Gasteiger partial charge in [0.15, 0.2) is 5.82 Å². The summed E-state index contributed by atoms with van der Waals surface area (Å²) in [4.78, 5) is 10.3. The second-order valence-corrected chi connectivity index (χ2v) is 8.14. The number of aromatic amines is 1. The molecule has 1 aliphatic carbocycles. The highest BCUT2D eigenvalue weighted by Gasteiger charge is 2.29. The second kappa shape index (κ2) is 8.16. The summed E-state index contributed by atoms with van der Waals surface area (Å²) >= 11 is 0. The number of methoxy groups -OCH3 is 1. The zero-order valence-corrected chi connectivity index (χ0v) is 16.9. The molecular weight excluding hydrogens is 368 g/mol. The lowest BCUT2D eigenvalue weighted by atomic mass is 10.1. The van der Waals surface area contributed by atoms with Crippen LogP contribution in [0.1, 0.15) is 48.9 Å². The molecule has 0 bridgehead atoms. The molecule has 1 N–H and O–H groups in total. The summed E-state index contributed by atoms with van der Waals surface area (Å²) < 4.78 is 16.8. The van der Waals surface area contributed by atoms with Gasteiger partial charge in [-0.2, -0.15) is 4.98 Å². The molecule has 7 nitrogen and oxygen atoms in total. The molecule has 0 atom stereocenters. The lowest BCUT2D eigenvalue weighted by Crippen LogP contribution is -2.36. The van der Waals surface area contributed by atoms with Gasteiger partial charge in [-0.05, 0) is 49.4 Å². The minimum absolute atomic E-state index is 0.323. The molecule has 0 radical (unpaired) electrons. The van der Waals surface area contributed by atoms with E-state index in [1.165, 1.54) is 23.8 Å². The molecule has 1 aliphatic heterocycles. The normalized spacial score (nSPS) is 18.5. The van der Waals surface area contributed by atoms with Crippen LogP contribution in [-0.2, 0) is 17.7 Å². The summed E-state index contributed by atoms with van der Waals surface area (Å²) in [6.07, 6.45) is 7.66. The third kappa shape index (κ3) is 4.31. The number of nitrogens with zero attached hydrogens (tertiary/aromatic N) is 3. The Morgan fingerprint density at radius 3 is 2.86 bits per heavy atom. The van der Waals surface area contributed by atoms with Gasteiger partial charge < -0.3 is 19.0 Å². The van der Waals surface area contributed by atoms with Crippen LogP contribution in [0.3, 0.4) is 0 Å². The molecule has 0 spiro atoms. The van der Waals surface area contributed by atoms with Crippen molar-refractivity contribution in [1.29, 1.82) is 0 Å². The van der Waals surface area contributed by atoms with Crippen molar-refractivity contribution in [2.45, 2.75) is 50.7 Å². The van der Waals surface area contributed by atoms with Crippen molar-refractivity contribution in [3.63, 3.8) is 0 Å². The van der Waals surface area contributed by atoms with Crippen molar-refractivity contribution >= 4 is 10.9 Å². The summed E-state index contributed by atoms with van der Waals surface area (Å²) in [5, 5.41) is 5.31. The van der Waals surface area contributed by atoms with Crippen molar-refractivity contribution in [2.75, 3.05) is 26.8 Å². The average molecular weight is 396 g/mol. The van der Waals surface area contributed by atoms with Gasteiger partial charge in [-0.3, -0.25) is 4.90 Å². The third-order valence-electron chi connectivity index (χ3n) is 5.99. The first-order valence-corrected chi connectivity index (χ1v) is 10.6. The van der Waals surface area contributed by atoms with Crippen molar-refractivity contribution in [3.05, 3.63) is 41.7 Å². The Kier molecular flexibility index (Phi) is 5.24. The second-order valence-electron chi connectivity index (χ2n) is 8.14. The molecule has 3 aromatic rings. The standard InChI is InChI=1S/C22H28N4O3/c1-27-18-4-5-20-19(12-18)16(13-23-20)14-26-9-6-17(7-10-26)28-11-8-21-24-22(29-25-21)15-2-3-15/h4-5,12-13,15,17,23H,2-3,6-11,14H2,1H3. The Labute approximate surface area is 170 Å². The summed E-state index contributed by atoms with van der Waals surface area (Å²) in [7, 11) is 1.71. The first-order chi connectivity index (χ1) is 14.3. The number of aromatic nitrogens is 3. The topological polar surface area (TPSA) is 76.4 Å². The molecule has 0 amide bonds. The summed E-state index contributed by atoms with van der Waals surface area (Å²) in [6.45, 7) is 3.72. The van der Waals surface area contributed by atoms with E-state index in [9.17, 15) is 0 Å². The highest BCUT2D eigenvalue weighted by molar-refractivity contribution is 5.84. The van der Waals surface area contributed by atoms with E-state index >= 15 is 0 Å². The van der Waals surface area contributed by atoms with Crippen LogP contribution in [0.25, 0.3) is 10.9 Å². The monoisotopic (exact) mass is 396 g/mol. The number of rotatable bonds is 8. The largest absolute Gasteiger partial charge is 0.497 e. The molecule has 3 heterocycles. The fourth-order valence-corrected chi connectivity index (χ4v) is 4.07. The summed E-state index contributed by atoms with van der Waals surface area (Å²) in [5.41, 5.74) is 2.48. The summed E-state index contributed by atoms with van der Waals surface area (Å²) in [6, 6.07) is 6.19. The van der Waals surface area contributed by atoms with Crippen molar-refractivity contribution < 1.29 is 14.0 Å². The predicted octanol–water partition coefficient (Wildman–Crippen LogP) is 3.66. The maximum absolute atomic E-state index is 6.09. The van der Waals surface area contributed by atoms with E-state index in [1.54, 1.807) is 7.11 Å². The Morgan fingerprint density at radius 1 is 1.21 bits per heavy atom. The molecule has 2 aliphatic rings. The van der Waals surface area contributed by atoms with Gasteiger partial charge in [0.05, 0.1) is 19.8 Å². The molecule has 0 unspecified atom stereocenters. The number of hydrogen-bond donors (Lipinski definition) is 1. The highest BCUT2D eigenvalue weighted by Crippen LogP contribution is 2.38. The predicted molar refractivity (Wildman–Crippen MR) is 109 cm³/mol. The lowest BCUT2D eigenvalue weighted by molar-refractivity contribution is 0.00684. The van der Waals surface area contributed by atoms with Gasteiger partial charge in [0, 0.05) is 49.1 Å². The van der Waals surface area contributed by atoms with E-state index in [0.717, 1.165) is 61.9 Å². The van der Waals surface area contributed by atoms with Crippen molar-refractivity contribution in [3.8, 4) is 5.75 Å². The maximum atomic E-state index is 6.09. The van der Waals surface area contributed by atoms with Crippen LogP contribution in [0.5, 0.6) is 5.75 Å². The summed E-state index contributed by atoms with van der Waals surface area (Å²) in [5.74, 6) is 3.00. The SMILES string of the molecule is COc1ccc2[nH]cc(CN3CCC(OCCc4noc(C5CC5)n4)CC3)c2c1. The smallest absolute Gasteiger partial charge is 0.229 e. The van der Waals surface area contributed by atoms with E-state index < -0.39 is 0 Å². The number of likely N-dealkylation sites (tertiary alicyclic amines) is 1. The lowest BCUT2D eigenvalue weighted by Gasteiger charge is -2.31. The molecule has 29 heavy (non-hydrogen) atoms. The Balaban J connectivity index is 1.08. The van der Waals surface area contributed by atoms with E-state index in [4.69, 9.17) is 14.0 Å². The number of hydrogen-bond acceptors (Lipinski definition) is 6. The third-order valence-corrected chi connectivity index (χ3v) is 5.99. The van der Waals surface area contributed by atoms with Gasteiger partial charge in [0.1, 0.15) is 5.75 Å². The van der Waals surface area contributed by atoms with Crippen LogP contribution in [0.15, 0.2) is 28.9 Å². The van der Waals surface area contributed by atoms with Crippen LogP contribution in [-0.4, -0.2) is 52.9 Å². The molecule has 2 aromatic heterocycles. The highest BCUT2D eigenvalue weighted by atomic mass is 16.5. The molecule has 1 saturated carbocycles. The van der Waals surface area contributed by atoms with E-state index in [1.807, 2.05) is 6.07 Å². The van der Waals surface area contributed by atoms with E-state index in [0.29, 0.717) is 18.6 Å². The van der Waals surface area contributed by atoms with Crippen LogP contribution in [0.2, 0.25) is 0 Å². The number of benzene rings is 1. The first kappa shape index (κ1) is 18.6. The quantitative estimate of drug-likeness (QED) is 0.626. The Hall–Kier alpha value is -2.38. The fourth-order valence-electron chi connectivity index (χ4n) is 4.07. The number of ether oxygens (including phenoxy) is 2. The van der Waals surface area contributed by atoms with Gasteiger partial charge in [-0.15, -0.1) is 0 Å². The van der Waals surface area contributed by atoms with E-state index in [-0.39, 0.29) is 0 Å². The maximum Gasteiger partial charge on any atom is 0.229 e. The minimum Gasteiger partial charge on any atom is -0.497 e. The van der Waals surface area contributed by atoms with Gasteiger partial charge in [0.25, 0.3) is 0 Å². The van der Waals surface area contributed by atoms with Gasteiger partial charge >= 0.3 is 0 Å². The van der Waals surface area contributed by atoms with Crippen LogP contribution < -0.4 is 4.74 Å². The van der Waals surface area contributed by atoms with E-state index in [2.05, 4.69) is 38.4 Å². The number of piperidine rings is 1. The molecule has 5 rings (SSSR count). The zero-order chi connectivity index (χ0) is 19.6. The minimum atomic E-state index is 0.323. The first-order valence-electron chi connectivity index (χ1n) is 10.6. The van der Waals surface area contributed by atoms with Gasteiger partial charge in [-0.1, -0.05) is 5.16 Å².